The normalized spacial score (nSPS) is 14.1. The molecule has 11 nitrogen and oxygen atoms in total. The van der Waals surface area contributed by atoms with Crippen LogP contribution in [0.25, 0.3) is 11.1 Å². The number of aromatic amines is 1. The number of alkyl carbamates (subject to hydrolysis) is 1. The van der Waals surface area contributed by atoms with Gasteiger partial charge in [0.2, 0.25) is 5.91 Å². The van der Waals surface area contributed by atoms with Crippen molar-refractivity contribution in [3.63, 3.8) is 0 Å². The number of aromatic nitrogens is 1. The highest BCUT2D eigenvalue weighted by atomic mass is 16.6. The van der Waals surface area contributed by atoms with Gasteiger partial charge >= 0.3 is 12.1 Å². The van der Waals surface area contributed by atoms with Crippen LogP contribution in [0.1, 0.15) is 44.5 Å². The van der Waals surface area contributed by atoms with Gasteiger partial charge in [-0.3, -0.25) is 9.59 Å². The molecule has 2 aromatic rings. The Hall–Kier alpha value is -4.28. The molecule has 180 valence electrons. The summed E-state index contributed by atoms with van der Waals surface area (Å²) in [6.07, 6.45) is 1.05. The summed E-state index contributed by atoms with van der Waals surface area (Å²) in [4.78, 5) is 50.6. The van der Waals surface area contributed by atoms with Gasteiger partial charge in [0.15, 0.2) is 0 Å². The number of allylic oxidation sites excluding steroid dienone is 1. The molecule has 1 aliphatic rings. The molecule has 0 unspecified atom stereocenters. The van der Waals surface area contributed by atoms with Crippen molar-refractivity contribution in [1.82, 2.24) is 15.6 Å². The zero-order valence-corrected chi connectivity index (χ0v) is 19.4. The van der Waals surface area contributed by atoms with Gasteiger partial charge in [-0.15, -0.1) is 0 Å². The first-order valence-corrected chi connectivity index (χ1v) is 10.6. The molecule has 0 saturated carbocycles. The van der Waals surface area contributed by atoms with Gasteiger partial charge in [-0.05, 0) is 63.1 Å². The number of anilines is 2. The van der Waals surface area contributed by atoms with Gasteiger partial charge in [0, 0.05) is 35.4 Å². The average molecular weight is 469 g/mol. The van der Waals surface area contributed by atoms with Crippen LogP contribution in [-0.2, 0) is 20.9 Å². The lowest BCUT2D eigenvalue weighted by Crippen LogP contribution is -2.39. The Morgan fingerprint density at radius 1 is 1.12 bits per heavy atom. The van der Waals surface area contributed by atoms with Crippen molar-refractivity contribution < 1.29 is 23.9 Å². The summed E-state index contributed by atoms with van der Waals surface area (Å²) in [5.74, 6) is -0.636. The van der Waals surface area contributed by atoms with E-state index in [1.54, 1.807) is 52.1 Å². The molecule has 1 aromatic carbocycles. The summed E-state index contributed by atoms with van der Waals surface area (Å²) in [5, 5.41) is 10.4. The molecule has 5 amide bonds. The second-order valence-electron chi connectivity index (χ2n) is 8.76. The quantitative estimate of drug-likeness (QED) is 0.358. The fraction of sp³-hybridized carbons (Fsp3) is 0.304. The Labute approximate surface area is 196 Å². The van der Waals surface area contributed by atoms with E-state index in [1.165, 1.54) is 0 Å². The number of amides is 5. The lowest BCUT2D eigenvalue weighted by Gasteiger charge is -2.19. The number of primary amides is 1. The monoisotopic (exact) mass is 468 g/mol. The smallest absolute Gasteiger partial charge is 0.408 e. The maximum absolute atomic E-state index is 12.6. The highest BCUT2D eigenvalue weighted by Crippen LogP contribution is 2.38. The number of hydrogen-bond acceptors (Lipinski definition) is 5. The summed E-state index contributed by atoms with van der Waals surface area (Å²) in [6.45, 7) is 7.02. The van der Waals surface area contributed by atoms with Crippen molar-refractivity contribution in [2.45, 2.75) is 39.8 Å². The third-order valence-electron chi connectivity index (χ3n) is 4.84. The van der Waals surface area contributed by atoms with Crippen LogP contribution in [0, 0.1) is 0 Å². The number of carbonyl (C=O) groups excluding carboxylic acids is 4. The summed E-state index contributed by atoms with van der Waals surface area (Å²) in [6, 6.07) is 6.14. The fourth-order valence-corrected chi connectivity index (χ4v) is 3.38. The number of urea groups is 1. The standard InChI is InChI=1S/C23H28N6O5/c1-12(19-15-8-14(28-21(24)32)5-6-16(15)29-20(19)31)17-7-13(9-25-17)10-26-18(30)11-27-22(33)34-23(2,3)4/h5-9,25H,10-11H2,1-4H3,(H,26,30)(H,27,33)(H,29,31)(H3,24,28,32). The summed E-state index contributed by atoms with van der Waals surface area (Å²) in [5.41, 5.74) is 8.92. The van der Waals surface area contributed by atoms with E-state index in [9.17, 15) is 19.2 Å². The van der Waals surface area contributed by atoms with Crippen molar-refractivity contribution in [2.75, 3.05) is 17.2 Å². The lowest BCUT2D eigenvalue weighted by atomic mass is 9.99. The van der Waals surface area contributed by atoms with Gasteiger partial charge in [0.25, 0.3) is 5.91 Å². The molecule has 1 aliphatic heterocycles. The van der Waals surface area contributed by atoms with E-state index in [1.807, 2.05) is 6.07 Å². The van der Waals surface area contributed by atoms with Crippen LogP contribution in [0.3, 0.4) is 0 Å². The minimum absolute atomic E-state index is 0.214. The molecule has 0 aliphatic carbocycles. The van der Waals surface area contributed by atoms with Crippen molar-refractivity contribution in [3.05, 3.63) is 47.3 Å². The largest absolute Gasteiger partial charge is 0.444 e. The number of H-pyrrole nitrogens is 1. The van der Waals surface area contributed by atoms with Crippen molar-refractivity contribution in [3.8, 4) is 0 Å². The Morgan fingerprint density at radius 3 is 2.53 bits per heavy atom. The highest BCUT2D eigenvalue weighted by Gasteiger charge is 2.27. The summed E-state index contributed by atoms with van der Waals surface area (Å²) >= 11 is 0. The van der Waals surface area contributed by atoms with E-state index in [4.69, 9.17) is 10.5 Å². The molecule has 34 heavy (non-hydrogen) atoms. The van der Waals surface area contributed by atoms with Crippen LogP contribution < -0.4 is 27.0 Å². The van der Waals surface area contributed by atoms with Crippen LogP contribution in [-0.4, -0.2) is 41.1 Å². The molecular weight excluding hydrogens is 440 g/mol. The molecule has 0 spiro atoms. The van der Waals surface area contributed by atoms with Crippen LogP contribution in [0.2, 0.25) is 0 Å². The zero-order chi connectivity index (χ0) is 25.0. The minimum Gasteiger partial charge on any atom is -0.444 e. The number of nitrogens with one attached hydrogen (secondary N) is 5. The number of hydrogen-bond donors (Lipinski definition) is 6. The number of benzene rings is 1. The van der Waals surface area contributed by atoms with Crippen molar-refractivity contribution in [1.29, 1.82) is 0 Å². The predicted octanol–water partition coefficient (Wildman–Crippen LogP) is 2.53. The third-order valence-corrected chi connectivity index (χ3v) is 4.84. The van der Waals surface area contributed by atoms with Gasteiger partial charge in [0.05, 0.1) is 5.57 Å². The molecule has 0 bridgehead atoms. The van der Waals surface area contributed by atoms with Crippen LogP contribution in [0.15, 0.2) is 30.5 Å². The van der Waals surface area contributed by atoms with Crippen molar-refractivity contribution >= 4 is 46.5 Å². The van der Waals surface area contributed by atoms with E-state index in [2.05, 4.69) is 26.3 Å². The van der Waals surface area contributed by atoms with Gasteiger partial charge in [0.1, 0.15) is 12.1 Å². The second-order valence-corrected chi connectivity index (χ2v) is 8.76. The number of fused-ring (bicyclic) bond motifs is 1. The SMILES string of the molecule is CC(=C1C(=O)Nc2ccc(NC(N)=O)cc21)c1cc(CNC(=O)CNC(=O)OC(C)(C)C)c[nH]1. The molecule has 0 fully saturated rings. The highest BCUT2D eigenvalue weighted by molar-refractivity contribution is 6.36. The molecule has 7 N–H and O–H groups in total. The fourth-order valence-electron chi connectivity index (χ4n) is 3.38. The second kappa shape index (κ2) is 9.69. The lowest BCUT2D eigenvalue weighted by molar-refractivity contribution is -0.120. The van der Waals surface area contributed by atoms with Crippen LogP contribution >= 0.6 is 0 Å². The predicted molar refractivity (Wildman–Crippen MR) is 128 cm³/mol. The Balaban J connectivity index is 1.66. The van der Waals surface area contributed by atoms with E-state index in [0.29, 0.717) is 33.8 Å². The molecule has 0 radical (unpaired) electrons. The van der Waals surface area contributed by atoms with E-state index >= 15 is 0 Å². The minimum atomic E-state index is -0.697. The topological polar surface area (TPSA) is 167 Å². The average Bonchev–Trinajstić information content (AvgIpc) is 3.32. The van der Waals surface area contributed by atoms with Gasteiger partial charge in [-0.2, -0.15) is 0 Å². The summed E-state index contributed by atoms with van der Waals surface area (Å²) < 4.78 is 5.09. The first-order valence-electron chi connectivity index (χ1n) is 10.6. The van der Waals surface area contributed by atoms with E-state index in [0.717, 1.165) is 5.56 Å². The maximum Gasteiger partial charge on any atom is 0.408 e. The molecule has 0 atom stereocenters. The van der Waals surface area contributed by atoms with E-state index < -0.39 is 17.7 Å². The first kappa shape index (κ1) is 24.4. The Morgan fingerprint density at radius 2 is 1.85 bits per heavy atom. The number of nitrogens with two attached hydrogens (primary N) is 1. The van der Waals surface area contributed by atoms with Gasteiger partial charge in [-0.1, -0.05) is 0 Å². The van der Waals surface area contributed by atoms with Crippen LogP contribution in [0.4, 0.5) is 21.0 Å². The van der Waals surface area contributed by atoms with Gasteiger partial charge < -0.3 is 36.7 Å². The number of rotatable bonds is 6. The molecular formula is C23H28N6O5. The molecule has 1 aromatic heterocycles. The number of ether oxygens (including phenoxy) is 1. The third kappa shape index (κ3) is 6.15. The number of carbonyl (C=O) groups is 4. The Bertz CT molecular complexity index is 1170. The summed E-state index contributed by atoms with van der Waals surface area (Å²) in [7, 11) is 0. The van der Waals surface area contributed by atoms with Crippen molar-refractivity contribution in [2.24, 2.45) is 5.73 Å². The Kier molecular flexibility index (Phi) is 6.94. The van der Waals surface area contributed by atoms with Crippen LogP contribution in [0.5, 0.6) is 0 Å². The molecule has 2 heterocycles. The molecule has 3 rings (SSSR count). The maximum atomic E-state index is 12.6. The zero-order valence-electron chi connectivity index (χ0n) is 19.4. The van der Waals surface area contributed by atoms with E-state index in [-0.39, 0.29) is 24.9 Å². The van der Waals surface area contributed by atoms with Gasteiger partial charge in [-0.25, -0.2) is 9.59 Å². The molecule has 11 heteroatoms. The first-order chi connectivity index (χ1) is 15.9. The molecule has 0 saturated heterocycles.